The summed E-state index contributed by atoms with van der Waals surface area (Å²) in [5, 5.41) is 13.5. The molecule has 9 heteroatoms. The number of benzene rings is 2. The molecule has 3 rings (SSSR count). The highest BCUT2D eigenvalue weighted by atomic mass is 32.2. The predicted octanol–water partition coefficient (Wildman–Crippen LogP) is 1.90. The molecule has 1 aliphatic rings. The maximum atomic E-state index is 12.7. The van der Waals surface area contributed by atoms with Gasteiger partial charge in [-0.2, -0.15) is 0 Å². The number of anilines is 1. The first-order valence-electron chi connectivity index (χ1n) is 8.38. The molecule has 2 aromatic carbocycles. The van der Waals surface area contributed by atoms with Crippen molar-refractivity contribution in [3.63, 3.8) is 0 Å². The molecular formula is C20H15N2O5S2-. The number of carbonyl (C=O) groups excluding carboxylic acids is 3. The van der Waals surface area contributed by atoms with Crippen molar-refractivity contribution in [1.29, 1.82) is 0 Å². The number of rotatable bonds is 6. The number of hydrogen-bond donors (Lipinski definition) is 1. The Morgan fingerprint density at radius 3 is 2.72 bits per heavy atom. The number of carboxylic acid groups (broad SMARTS) is 1. The Balaban J connectivity index is 1.69. The normalized spacial score (nSPS) is 14.9. The van der Waals surface area contributed by atoms with Gasteiger partial charge in [0.05, 0.1) is 18.0 Å². The third-order valence-corrected chi connectivity index (χ3v) is 5.33. The minimum Gasteiger partial charge on any atom is -0.545 e. The number of thiocarbonyl (C=S) groups is 1. The molecule has 0 unspecified atom stereocenters. The first-order valence-corrected chi connectivity index (χ1v) is 9.60. The second-order valence-corrected chi connectivity index (χ2v) is 7.64. The molecule has 0 radical (unpaired) electrons. The van der Waals surface area contributed by atoms with Gasteiger partial charge in [-0.25, -0.2) is 0 Å². The molecule has 1 fully saturated rings. The number of carbonyl (C=O) groups is 3. The maximum Gasteiger partial charge on any atom is 0.266 e. The zero-order chi connectivity index (χ0) is 21.0. The van der Waals surface area contributed by atoms with Crippen LogP contribution in [0.3, 0.4) is 0 Å². The molecule has 0 saturated carbocycles. The molecular weight excluding hydrogens is 412 g/mol. The van der Waals surface area contributed by atoms with E-state index in [0.29, 0.717) is 10.7 Å². The highest BCUT2D eigenvalue weighted by molar-refractivity contribution is 8.26. The van der Waals surface area contributed by atoms with Crippen molar-refractivity contribution < 1.29 is 24.2 Å². The predicted molar refractivity (Wildman–Crippen MR) is 112 cm³/mol. The van der Waals surface area contributed by atoms with Crippen molar-refractivity contribution in [2.75, 3.05) is 19.0 Å². The molecule has 29 heavy (non-hydrogen) atoms. The number of nitrogens with zero attached hydrogens (tertiary/aromatic N) is 1. The summed E-state index contributed by atoms with van der Waals surface area (Å²) in [6.07, 6.45) is 1.68. The van der Waals surface area contributed by atoms with Gasteiger partial charge >= 0.3 is 0 Å². The van der Waals surface area contributed by atoms with Crippen LogP contribution in [0.1, 0.15) is 15.9 Å². The number of carboxylic acids is 1. The van der Waals surface area contributed by atoms with E-state index in [-0.39, 0.29) is 28.0 Å². The van der Waals surface area contributed by atoms with Gasteiger partial charge in [0.15, 0.2) is 0 Å². The summed E-state index contributed by atoms with van der Waals surface area (Å²) in [5.41, 5.74) is 0.997. The van der Waals surface area contributed by atoms with Gasteiger partial charge in [-0.1, -0.05) is 48.2 Å². The second kappa shape index (κ2) is 8.89. The van der Waals surface area contributed by atoms with Crippen LogP contribution < -0.4 is 15.2 Å². The average molecular weight is 427 g/mol. The lowest BCUT2D eigenvalue weighted by Gasteiger charge is -2.14. The van der Waals surface area contributed by atoms with Gasteiger partial charge in [0.2, 0.25) is 5.91 Å². The first kappa shape index (κ1) is 20.6. The van der Waals surface area contributed by atoms with Crippen LogP contribution >= 0.6 is 24.0 Å². The lowest BCUT2D eigenvalue weighted by atomic mass is 10.2. The lowest BCUT2D eigenvalue weighted by Crippen LogP contribution is -2.36. The Morgan fingerprint density at radius 2 is 2.00 bits per heavy atom. The van der Waals surface area contributed by atoms with Crippen LogP contribution in [0, 0.1) is 0 Å². The van der Waals surface area contributed by atoms with Crippen LogP contribution in [0.15, 0.2) is 53.4 Å². The van der Waals surface area contributed by atoms with Gasteiger partial charge < -0.3 is 20.0 Å². The molecule has 0 aromatic heterocycles. The van der Waals surface area contributed by atoms with E-state index in [1.165, 1.54) is 29.2 Å². The van der Waals surface area contributed by atoms with E-state index in [4.69, 9.17) is 17.0 Å². The fourth-order valence-electron chi connectivity index (χ4n) is 2.59. The Kier molecular flexibility index (Phi) is 6.30. The SMILES string of the molecule is COc1cccc(C=C2SC(=S)N(CC(=O)Nc3cccc(C(=O)[O-])c3)C2=O)c1. The van der Waals surface area contributed by atoms with E-state index in [1.807, 2.05) is 6.07 Å². The summed E-state index contributed by atoms with van der Waals surface area (Å²) in [5.74, 6) is -1.56. The van der Waals surface area contributed by atoms with E-state index in [2.05, 4.69) is 5.32 Å². The molecule has 148 valence electrons. The fraction of sp³-hybridized carbons (Fsp3) is 0.100. The molecule has 7 nitrogen and oxygen atoms in total. The molecule has 1 heterocycles. The highest BCUT2D eigenvalue weighted by Gasteiger charge is 2.33. The lowest BCUT2D eigenvalue weighted by molar-refractivity contribution is -0.255. The standard InChI is InChI=1S/C20H16N2O5S2/c1-27-15-7-2-4-12(8-15)9-16-18(24)22(20(28)29-16)11-17(23)21-14-6-3-5-13(10-14)19(25)26/h2-10H,11H2,1H3,(H,21,23)(H,25,26)/p-1. The van der Waals surface area contributed by atoms with Crippen LogP contribution in [-0.4, -0.2) is 40.7 Å². The summed E-state index contributed by atoms with van der Waals surface area (Å²) in [6.45, 7) is -0.282. The largest absolute Gasteiger partial charge is 0.545 e. The molecule has 0 atom stereocenters. The molecule has 1 saturated heterocycles. The maximum absolute atomic E-state index is 12.7. The summed E-state index contributed by atoms with van der Waals surface area (Å²) >= 11 is 6.34. The van der Waals surface area contributed by atoms with Gasteiger partial charge in [-0.05, 0) is 41.5 Å². The zero-order valence-electron chi connectivity index (χ0n) is 15.2. The number of thioether (sulfide) groups is 1. The van der Waals surface area contributed by atoms with Gasteiger partial charge in [-0.3, -0.25) is 14.5 Å². The summed E-state index contributed by atoms with van der Waals surface area (Å²) in [7, 11) is 1.56. The van der Waals surface area contributed by atoms with Crippen LogP contribution in [-0.2, 0) is 9.59 Å². The number of nitrogens with one attached hydrogen (secondary N) is 1. The third-order valence-electron chi connectivity index (χ3n) is 3.95. The first-order chi connectivity index (χ1) is 13.9. The van der Waals surface area contributed by atoms with Crippen molar-refractivity contribution in [1.82, 2.24) is 4.90 Å². The van der Waals surface area contributed by atoms with Crippen LogP contribution in [0.2, 0.25) is 0 Å². The summed E-state index contributed by atoms with van der Waals surface area (Å²) < 4.78 is 5.44. The monoisotopic (exact) mass is 427 g/mol. The smallest absolute Gasteiger partial charge is 0.266 e. The van der Waals surface area contributed by atoms with Crippen molar-refractivity contribution in [3.05, 3.63) is 64.6 Å². The van der Waals surface area contributed by atoms with Gasteiger partial charge in [0.1, 0.15) is 16.6 Å². The minimum atomic E-state index is -1.35. The molecule has 0 spiro atoms. The van der Waals surface area contributed by atoms with E-state index in [1.54, 1.807) is 31.4 Å². The topological polar surface area (TPSA) is 98.8 Å². The van der Waals surface area contributed by atoms with E-state index >= 15 is 0 Å². The molecule has 0 bridgehead atoms. The van der Waals surface area contributed by atoms with E-state index < -0.39 is 11.9 Å². The number of aromatic carboxylic acids is 1. The van der Waals surface area contributed by atoms with Gasteiger partial charge in [0.25, 0.3) is 5.91 Å². The summed E-state index contributed by atoms with van der Waals surface area (Å²) in [6, 6.07) is 12.9. The molecule has 1 aliphatic heterocycles. The number of hydrogen-bond acceptors (Lipinski definition) is 7. The molecule has 0 aliphatic carbocycles. The Morgan fingerprint density at radius 1 is 1.24 bits per heavy atom. The Labute approximate surface area is 176 Å². The van der Waals surface area contributed by atoms with Crippen LogP contribution in [0.4, 0.5) is 5.69 Å². The van der Waals surface area contributed by atoms with Crippen molar-refractivity contribution in [2.45, 2.75) is 0 Å². The highest BCUT2D eigenvalue weighted by Crippen LogP contribution is 2.32. The second-order valence-electron chi connectivity index (χ2n) is 5.96. The third kappa shape index (κ3) is 5.01. The van der Waals surface area contributed by atoms with Crippen LogP contribution in [0.5, 0.6) is 5.75 Å². The van der Waals surface area contributed by atoms with Gasteiger partial charge in [0, 0.05) is 5.69 Å². The van der Waals surface area contributed by atoms with E-state index in [0.717, 1.165) is 17.3 Å². The molecule has 2 aromatic rings. The fourth-order valence-corrected chi connectivity index (χ4v) is 3.84. The molecule has 1 N–H and O–H groups in total. The van der Waals surface area contributed by atoms with Gasteiger partial charge in [-0.15, -0.1) is 0 Å². The molecule has 2 amide bonds. The Hall–Kier alpha value is -3.17. The van der Waals surface area contributed by atoms with Crippen LogP contribution in [0.25, 0.3) is 6.08 Å². The number of amides is 2. The Bertz CT molecular complexity index is 1040. The number of ether oxygens (including phenoxy) is 1. The van der Waals surface area contributed by atoms with Crippen molar-refractivity contribution in [2.24, 2.45) is 0 Å². The van der Waals surface area contributed by atoms with E-state index in [9.17, 15) is 19.5 Å². The minimum absolute atomic E-state index is 0.0605. The van der Waals surface area contributed by atoms with Crippen molar-refractivity contribution >= 4 is 57.8 Å². The number of methoxy groups -OCH3 is 1. The quantitative estimate of drug-likeness (QED) is 0.555. The van der Waals surface area contributed by atoms with Crippen molar-refractivity contribution in [3.8, 4) is 5.75 Å². The average Bonchev–Trinajstić information content (AvgIpc) is 2.95. The zero-order valence-corrected chi connectivity index (χ0v) is 16.8. The summed E-state index contributed by atoms with van der Waals surface area (Å²) in [4.78, 5) is 37.5.